The predicted octanol–water partition coefficient (Wildman–Crippen LogP) is 2.79. The highest BCUT2D eigenvalue weighted by atomic mass is 35.5. The van der Waals surface area contributed by atoms with Crippen LogP contribution in [0, 0.1) is 10.1 Å². The van der Waals surface area contributed by atoms with Crippen molar-refractivity contribution in [1.82, 2.24) is 9.97 Å². The molecule has 1 heterocycles. The summed E-state index contributed by atoms with van der Waals surface area (Å²) in [6, 6.07) is 6.97. The summed E-state index contributed by atoms with van der Waals surface area (Å²) in [5.74, 6) is 0.543. The first-order valence-corrected chi connectivity index (χ1v) is 5.56. The van der Waals surface area contributed by atoms with Crippen LogP contribution in [0.1, 0.15) is 0 Å². The first-order chi connectivity index (χ1) is 9.13. The third-order valence-corrected chi connectivity index (χ3v) is 2.60. The summed E-state index contributed by atoms with van der Waals surface area (Å²) in [5.41, 5.74) is 0.165. The Kier molecular flexibility index (Phi) is 3.76. The fourth-order valence-electron chi connectivity index (χ4n) is 1.49. The second-order valence-corrected chi connectivity index (χ2v) is 3.80. The molecule has 0 aliphatic carbocycles. The lowest BCUT2D eigenvalue weighted by Gasteiger charge is -2.10. The molecule has 0 amide bonds. The molecule has 19 heavy (non-hydrogen) atoms. The SMILES string of the molecule is COc1ccccc1Nc1ncnc(Cl)c1[N+](=O)[O-]. The average Bonchev–Trinajstić information content (AvgIpc) is 2.39. The van der Waals surface area contributed by atoms with Gasteiger partial charge in [0.05, 0.1) is 17.7 Å². The molecule has 2 rings (SSSR count). The van der Waals surface area contributed by atoms with E-state index in [-0.39, 0.29) is 16.7 Å². The quantitative estimate of drug-likeness (QED) is 0.526. The zero-order valence-corrected chi connectivity index (χ0v) is 10.6. The average molecular weight is 281 g/mol. The van der Waals surface area contributed by atoms with Gasteiger partial charge >= 0.3 is 5.69 Å². The van der Waals surface area contributed by atoms with Crippen molar-refractivity contribution in [3.63, 3.8) is 0 Å². The lowest BCUT2D eigenvalue weighted by molar-refractivity contribution is -0.384. The Morgan fingerprint density at radius 3 is 2.79 bits per heavy atom. The maximum Gasteiger partial charge on any atom is 0.348 e. The van der Waals surface area contributed by atoms with E-state index in [1.807, 2.05) is 0 Å². The highest BCUT2D eigenvalue weighted by Gasteiger charge is 2.22. The number of hydrogen-bond donors (Lipinski definition) is 1. The summed E-state index contributed by atoms with van der Waals surface area (Å²) in [7, 11) is 1.50. The molecule has 0 saturated carbocycles. The van der Waals surface area contributed by atoms with Crippen LogP contribution >= 0.6 is 11.6 Å². The van der Waals surface area contributed by atoms with Gasteiger partial charge in [-0.05, 0) is 12.1 Å². The third kappa shape index (κ3) is 2.71. The summed E-state index contributed by atoms with van der Waals surface area (Å²) < 4.78 is 5.14. The van der Waals surface area contributed by atoms with Crippen LogP contribution in [0.15, 0.2) is 30.6 Å². The van der Waals surface area contributed by atoms with Gasteiger partial charge in [0.2, 0.25) is 11.0 Å². The van der Waals surface area contributed by atoms with E-state index < -0.39 is 4.92 Å². The molecule has 0 aliphatic rings. The standard InChI is InChI=1S/C11H9ClN4O3/c1-19-8-5-3-2-4-7(8)15-11-9(16(17)18)10(12)13-6-14-11/h2-6H,1H3,(H,13,14,15). The van der Waals surface area contributed by atoms with Crippen LogP contribution in [0.3, 0.4) is 0 Å². The molecule has 0 atom stereocenters. The molecule has 98 valence electrons. The maximum atomic E-state index is 11.0. The fourth-order valence-corrected chi connectivity index (χ4v) is 1.69. The van der Waals surface area contributed by atoms with Crippen molar-refractivity contribution in [3.8, 4) is 5.75 Å². The number of nitrogens with zero attached hydrogens (tertiary/aromatic N) is 3. The molecule has 1 aromatic heterocycles. The van der Waals surface area contributed by atoms with Gasteiger partial charge in [-0.2, -0.15) is 0 Å². The van der Waals surface area contributed by atoms with Gasteiger partial charge < -0.3 is 10.1 Å². The molecule has 8 heteroatoms. The number of benzene rings is 1. The van der Waals surface area contributed by atoms with Gasteiger partial charge in [0.25, 0.3) is 0 Å². The third-order valence-electron chi connectivity index (χ3n) is 2.32. The van der Waals surface area contributed by atoms with Crippen LogP contribution in [0.25, 0.3) is 0 Å². The molecular weight excluding hydrogens is 272 g/mol. The number of halogens is 1. The van der Waals surface area contributed by atoms with Crippen LogP contribution in [0.5, 0.6) is 5.75 Å². The van der Waals surface area contributed by atoms with E-state index in [4.69, 9.17) is 16.3 Å². The van der Waals surface area contributed by atoms with Crippen molar-refractivity contribution in [2.45, 2.75) is 0 Å². The predicted molar refractivity (Wildman–Crippen MR) is 70.0 cm³/mol. The maximum absolute atomic E-state index is 11.0. The van der Waals surface area contributed by atoms with Gasteiger partial charge in [0.1, 0.15) is 12.1 Å². The molecule has 0 spiro atoms. The lowest BCUT2D eigenvalue weighted by atomic mass is 10.3. The molecular formula is C11H9ClN4O3. The number of para-hydroxylation sites is 2. The van der Waals surface area contributed by atoms with E-state index in [1.54, 1.807) is 24.3 Å². The number of hydrogen-bond acceptors (Lipinski definition) is 6. The number of nitrogens with one attached hydrogen (secondary N) is 1. The molecule has 7 nitrogen and oxygen atoms in total. The smallest absolute Gasteiger partial charge is 0.348 e. The number of nitro groups is 1. The number of methoxy groups -OCH3 is 1. The van der Waals surface area contributed by atoms with Gasteiger partial charge in [-0.15, -0.1) is 0 Å². The molecule has 0 radical (unpaired) electrons. The molecule has 1 N–H and O–H groups in total. The van der Waals surface area contributed by atoms with Gasteiger partial charge in [-0.25, -0.2) is 9.97 Å². The Balaban J connectivity index is 2.44. The van der Waals surface area contributed by atoms with Crippen LogP contribution in [0.4, 0.5) is 17.2 Å². The Morgan fingerprint density at radius 1 is 1.37 bits per heavy atom. The zero-order valence-electron chi connectivity index (χ0n) is 9.83. The van der Waals surface area contributed by atoms with Crippen molar-refractivity contribution in [2.75, 3.05) is 12.4 Å². The molecule has 0 unspecified atom stereocenters. The van der Waals surface area contributed by atoms with Gasteiger partial charge in [-0.1, -0.05) is 23.7 Å². The van der Waals surface area contributed by atoms with E-state index in [1.165, 1.54) is 7.11 Å². The number of aromatic nitrogens is 2. The largest absolute Gasteiger partial charge is 0.495 e. The molecule has 0 bridgehead atoms. The minimum absolute atomic E-state index is 0.00880. The second-order valence-electron chi connectivity index (χ2n) is 3.44. The van der Waals surface area contributed by atoms with E-state index in [0.717, 1.165) is 6.33 Å². The van der Waals surface area contributed by atoms with Gasteiger partial charge in [-0.3, -0.25) is 10.1 Å². The minimum Gasteiger partial charge on any atom is -0.495 e. The monoisotopic (exact) mass is 280 g/mol. The zero-order chi connectivity index (χ0) is 13.8. The fraction of sp³-hybridized carbons (Fsp3) is 0.0909. The second kappa shape index (κ2) is 5.49. The molecule has 0 fully saturated rings. The number of anilines is 2. The van der Waals surface area contributed by atoms with Crippen molar-refractivity contribution >= 4 is 28.8 Å². The Labute approximate surface area is 113 Å². The summed E-state index contributed by atoms with van der Waals surface area (Å²) >= 11 is 5.70. The van der Waals surface area contributed by atoms with Crippen molar-refractivity contribution < 1.29 is 9.66 Å². The summed E-state index contributed by atoms with van der Waals surface area (Å²) in [4.78, 5) is 17.7. The number of rotatable bonds is 4. The van der Waals surface area contributed by atoms with Gasteiger partial charge in [0, 0.05) is 0 Å². The first kappa shape index (κ1) is 13.0. The van der Waals surface area contributed by atoms with E-state index >= 15 is 0 Å². The molecule has 1 aromatic carbocycles. The first-order valence-electron chi connectivity index (χ1n) is 5.18. The van der Waals surface area contributed by atoms with Crippen molar-refractivity contribution in [2.24, 2.45) is 0 Å². The Bertz CT molecular complexity index is 621. The molecule has 0 saturated heterocycles. The Hall–Kier alpha value is -2.41. The van der Waals surface area contributed by atoms with Crippen molar-refractivity contribution in [1.29, 1.82) is 0 Å². The molecule has 0 aliphatic heterocycles. The highest BCUT2D eigenvalue weighted by Crippen LogP contribution is 2.33. The summed E-state index contributed by atoms with van der Waals surface area (Å²) in [6.45, 7) is 0. The normalized spacial score (nSPS) is 10.0. The highest BCUT2D eigenvalue weighted by molar-refractivity contribution is 6.31. The van der Waals surface area contributed by atoms with Crippen LogP contribution in [-0.4, -0.2) is 22.0 Å². The number of ether oxygens (including phenoxy) is 1. The summed E-state index contributed by atoms with van der Waals surface area (Å²) in [5, 5.41) is 13.5. The van der Waals surface area contributed by atoms with E-state index in [9.17, 15) is 10.1 Å². The summed E-state index contributed by atoms with van der Waals surface area (Å²) in [6.07, 6.45) is 1.15. The molecule has 2 aromatic rings. The topological polar surface area (TPSA) is 90.2 Å². The van der Waals surface area contributed by atoms with Crippen molar-refractivity contribution in [3.05, 3.63) is 45.9 Å². The van der Waals surface area contributed by atoms with E-state index in [0.29, 0.717) is 11.4 Å². The van der Waals surface area contributed by atoms with Crippen LogP contribution in [0.2, 0.25) is 5.15 Å². The lowest BCUT2D eigenvalue weighted by Crippen LogP contribution is -2.02. The van der Waals surface area contributed by atoms with Crippen LogP contribution in [-0.2, 0) is 0 Å². The van der Waals surface area contributed by atoms with Crippen LogP contribution < -0.4 is 10.1 Å². The van der Waals surface area contributed by atoms with Gasteiger partial charge in [0.15, 0.2) is 0 Å². The minimum atomic E-state index is -0.639. The Morgan fingerprint density at radius 2 is 2.11 bits per heavy atom. The van der Waals surface area contributed by atoms with E-state index in [2.05, 4.69) is 15.3 Å².